The van der Waals surface area contributed by atoms with E-state index in [0.717, 1.165) is 5.56 Å². The third-order valence-electron chi connectivity index (χ3n) is 2.67. The van der Waals surface area contributed by atoms with E-state index in [0.29, 0.717) is 12.3 Å². The second-order valence-electron chi connectivity index (χ2n) is 4.79. The van der Waals surface area contributed by atoms with Gasteiger partial charge in [-0.25, -0.2) is 4.79 Å². The number of amides is 1. The molecule has 0 spiro atoms. The predicted octanol–water partition coefficient (Wildman–Crippen LogP) is 2.17. The van der Waals surface area contributed by atoms with Crippen LogP contribution >= 0.6 is 0 Å². The van der Waals surface area contributed by atoms with Gasteiger partial charge in [-0.1, -0.05) is 19.9 Å². The summed E-state index contributed by atoms with van der Waals surface area (Å²) in [5, 5.41) is 0. The summed E-state index contributed by atoms with van der Waals surface area (Å²) < 4.78 is 5.12. The molecule has 1 amide bonds. The molecule has 1 heterocycles. The molecule has 1 atom stereocenters. The van der Waals surface area contributed by atoms with E-state index in [4.69, 9.17) is 4.74 Å². The molecule has 1 rings (SSSR count). The van der Waals surface area contributed by atoms with Crippen LogP contribution in [-0.4, -0.2) is 35.4 Å². The van der Waals surface area contributed by atoms with Gasteiger partial charge in [-0.2, -0.15) is 0 Å². The van der Waals surface area contributed by atoms with Crippen molar-refractivity contribution in [3.8, 4) is 0 Å². The van der Waals surface area contributed by atoms with Crippen LogP contribution in [0, 0.1) is 5.92 Å². The number of pyridine rings is 1. The summed E-state index contributed by atoms with van der Waals surface area (Å²) in [5.74, 6) is 0.306. The highest BCUT2D eigenvalue weighted by atomic mass is 16.6. The first-order chi connectivity index (χ1) is 9.04. The minimum absolute atomic E-state index is 0.143. The fourth-order valence-corrected chi connectivity index (χ4v) is 1.59. The monoisotopic (exact) mass is 263 g/mol. The molecule has 0 bridgehead atoms. The number of carbonyl (C=O) groups excluding carboxylic acids is 2. The predicted molar refractivity (Wildman–Crippen MR) is 71.1 cm³/mol. The Morgan fingerprint density at radius 2 is 2.26 bits per heavy atom. The second-order valence-corrected chi connectivity index (χ2v) is 4.79. The van der Waals surface area contributed by atoms with E-state index < -0.39 is 12.1 Å². The van der Waals surface area contributed by atoms with Gasteiger partial charge in [0.15, 0.2) is 0 Å². The molecular formula is C14H19N2O3. The third kappa shape index (κ3) is 5.07. The minimum atomic E-state index is -0.568. The molecule has 1 radical (unpaired) electrons. The molecule has 0 aromatic carbocycles. The van der Waals surface area contributed by atoms with Gasteiger partial charge < -0.3 is 9.64 Å². The minimum Gasteiger partial charge on any atom is -0.444 e. The van der Waals surface area contributed by atoms with Crippen LogP contribution in [0.3, 0.4) is 0 Å². The maximum atomic E-state index is 11.8. The molecule has 0 N–H and O–H groups in total. The lowest BCUT2D eigenvalue weighted by Gasteiger charge is -2.23. The molecule has 5 nitrogen and oxygen atoms in total. The van der Waals surface area contributed by atoms with E-state index in [-0.39, 0.29) is 6.61 Å². The van der Waals surface area contributed by atoms with Crippen molar-refractivity contribution in [2.75, 3.05) is 7.05 Å². The Kier molecular flexibility index (Phi) is 5.99. The highest BCUT2D eigenvalue weighted by Gasteiger charge is 2.22. The lowest BCUT2D eigenvalue weighted by atomic mass is 10.0. The first-order valence-corrected chi connectivity index (χ1v) is 6.20. The van der Waals surface area contributed by atoms with Crippen molar-refractivity contribution >= 4 is 12.4 Å². The molecule has 1 aromatic heterocycles. The fraction of sp³-hybridized carbons (Fsp3) is 0.500. The van der Waals surface area contributed by atoms with E-state index in [1.54, 1.807) is 25.5 Å². The molecule has 0 saturated heterocycles. The summed E-state index contributed by atoms with van der Waals surface area (Å²) >= 11 is 0. The Balaban J connectivity index is 2.50. The Morgan fingerprint density at radius 3 is 2.79 bits per heavy atom. The molecule has 1 aromatic rings. The second kappa shape index (κ2) is 7.51. The van der Waals surface area contributed by atoms with Crippen molar-refractivity contribution in [2.45, 2.75) is 32.9 Å². The molecule has 0 aliphatic heterocycles. The number of nitrogens with zero attached hydrogens (tertiary/aromatic N) is 2. The average Bonchev–Trinajstić information content (AvgIpc) is 2.42. The highest BCUT2D eigenvalue weighted by molar-refractivity contribution is 5.73. The Morgan fingerprint density at radius 1 is 1.53 bits per heavy atom. The van der Waals surface area contributed by atoms with E-state index in [2.05, 4.69) is 4.98 Å². The first-order valence-electron chi connectivity index (χ1n) is 6.20. The zero-order valence-electron chi connectivity index (χ0n) is 11.5. The van der Waals surface area contributed by atoms with Crippen molar-refractivity contribution in [3.63, 3.8) is 0 Å². The van der Waals surface area contributed by atoms with Gasteiger partial charge in [0.05, 0.1) is 0 Å². The van der Waals surface area contributed by atoms with Crippen LogP contribution in [0.15, 0.2) is 24.5 Å². The van der Waals surface area contributed by atoms with E-state index in [9.17, 15) is 9.59 Å². The zero-order valence-corrected chi connectivity index (χ0v) is 11.5. The molecule has 0 unspecified atom stereocenters. The van der Waals surface area contributed by atoms with Crippen LogP contribution < -0.4 is 0 Å². The molecule has 19 heavy (non-hydrogen) atoms. The van der Waals surface area contributed by atoms with Gasteiger partial charge in [0.2, 0.25) is 6.29 Å². The standard InChI is InChI=1S/C14H19N2O3/c1-11(2)7-13(9-17)16(3)14(18)19-10-12-5-4-6-15-8-12/h4-6,8,11,13H,7,10H2,1-3H3/t13-/m0/s1. The first kappa shape index (κ1) is 15.1. The maximum absolute atomic E-state index is 11.8. The van der Waals surface area contributed by atoms with Crippen LogP contribution in [-0.2, 0) is 16.1 Å². The molecule has 0 aliphatic rings. The summed E-state index contributed by atoms with van der Waals surface area (Å²) in [6.07, 6.45) is 5.20. The summed E-state index contributed by atoms with van der Waals surface area (Å²) in [4.78, 5) is 27.9. The summed E-state index contributed by atoms with van der Waals surface area (Å²) in [7, 11) is 1.55. The number of ether oxygens (including phenoxy) is 1. The lowest BCUT2D eigenvalue weighted by molar-refractivity contribution is 0.0961. The number of likely N-dealkylation sites (N-methyl/N-ethyl adjacent to an activating group) is 1. The van der Waals surface area contributed by atoms with Crippen LogP contribution in [0.5, 0.6) is 0 Å². The summed E-state index contributed by atoms with van der Waals surface area (Å²) in [5.41, 5.74) is 0.805. The Hall–Kier alpha value is -1.91. The lowest BCUT2D eigenvalue weighted by Crippen LogP contribution is -2.39. The Bertz CT molecular complexity index is 406. The van der Waals surface area contributed by atoms with Gasteiger partial charge >= 0.3 is 6.09 Å². The molecule has 0 aliphatic carbocycles. The van der Waals surface area contributed by atoms with Crippen LogP contribution in [0.25, 0.3) is 0 Å². The molecule has 0 saturated carbocycles. The fourth-order valence-electron chi connectivity index (χ4n) is 1.59. The molecule has 5 heteroatoms. The summed E-state index contributed by atoms with van der Waals surface area (Å²) in [6.45, 7) is 4.11. The SMILES string of the molecule is CC(C)C[C@@H]([C]=O)N(C)C(=O)OCc1cccnc1. The highest BCUT2D eigenvalue weighted by Crippen LogP contribution is 2.10. The quantitative estimate of drug-likeness (QED) is 0.789. The van der Waals surface area contributed by atoms with Gasteiger partial charge in [-0.05, 0) is 18.4 Å². The van der Waals surface area contributed by atoms with Crippen LogP contribution in [0.4, 0.5) is 4.79 Å². The van der Waals surface area contributed by atoms with Crippen molar-refractivity contribution in [3.05, 3.63) is 30.1 Å². The normalized spacial score (nSPS) is 12.0. The van der Waals surface area contributed by atoms with Crippen molar-refractivity contribution in [1.82, 2.24) is 9.88 Å². The average molecular weight is 263 g/mol. The third-order valence-corrected chi connectivity index (χ3v) is 2.67. The van der Waals surface area contributed by atoms with Crippen LogP contribution in [0.2, 0.25) is 0 Å². The smallest absolute Gasteiger partial charge is 0.410 e. The van der Waals surface area contributed by atoms with Gasteiger partial charge in [0.25, 0.3) is 0 Å². The van der Waals surface area contributed by atoms with E-state index in [1.807, 2.05) is 26.2 Å². The van der Waals surface area contributed by atoms with Crippen molar-refractivity contribution in [1.29, 1.82) is 0 Å². The van der Waals surface area contributed by atoms with Crippen molar-refractivity contribution < 1.29 is 14.3 Å². The number of rotatable bonds is 6. The Labute approximate surface area is 113 Å². The zero-order chi connectivity index (χ0) is 14.3. The molecule has 103 valence electrons. The van der Waals surface area contributed by atoms with Gasteiger partial charge in [0.1, 0.15) is 12.6 Å². The van der Waals surface area contributed by atoms with Gasteiger partial charge in [-0.15, -0.1) is 0 Å². The van der Waals surface area contributed by atoms with Gasteiger partial charge in [-0.3, -0.25) is 9.78 Å². The number of aromatic nitrogens is 1. The van der Waals surface area contributed by atoms with E-state index in [1.165, 1.54) is 4.90 Å². The topological polar surface area (TPSA) is 59.5 Å². The maximum Gasteiger partial charge on any atom is 0.410 e. The molecule has 0 fully saturated rings. The van der Waals surface area contributed by atoms with E-state index >= 15 is 0 Å². The van der Waals surface area contributed by atoms with Gasteiger partial charge in [0, 0.05) is 25.0 Å². The number of carbonyl (C=O) groups is 1. The van der Waals surface area contributed by atoms with Crippen molar-refractivity contribution in [2.24, 2.45) is 5.92 Å². The summed E-state index contributed by atoms with van der Waals surface area (Å²) in [6, 6.07) is 3.02. The number of hydrogen-bond acceptors (Lipinski definition) is 4. The molecular weight excluding hydrogens is 244 g/mol. The largest absolute Gasteiger partial charge is 0.444 e. The van der Waals surface area contributed by atoms with Crippen LogP contribution in [0.1, 0.15) is 25.8 Å². The number of hydrogen-bond donors (Lipinski definition) is 0.